The lowest BCUT2D eigenvalue weighted by molar-refractivity contribution is -0.124. The van der Waals surface area contributed by atoms with Crippen molar-refractivity contribution in [1.82, 2.24) is 19.4 Å². The highest BCUT2D eigenvalue weighted by atomic mass is 32.2. The summed E-state index contributed by atoms with van der Waals surface area (Å²) in [6, 6.07) is 13.6. The number of hydrogen-bond acceptors (Lipinski definition) is 6. The summed E-state index contributed by atoms with van der Waals surface area (Å²) >= 11 is 0. The Morgan fingerprint density at radius 1 is 1.09 bits per heavy atom. The monoisotopic (exact) mass is 496 g/mol. The number of aromatic nitrogens is 2. The van der Waals surface area contributed by atoms with Gasteiger partial charge in [0.15, 0.2) is 11.5 Å². The van der Waals surface area contributed by atoms with Crippen LogP contribution in [0.15, 0.2) is 53.4 Å². The maximum absolute atomic E-state index is 13.4. The first-order chi connectivity index (χ1) is 16.9. The number of benzene rings is 2. The highest BCUT2D eigenvalue weighted by Gasteiger charge is 2.40. The Morgan fingerprint density at radius 3 is 2.60 bits per heavy atom. The number of rotatable bonds is 6. The minimum absolute atomic E-state index is 0.0947. The first-order valence-electron chi connectivity index (χ1n) is 11.7. The van der Waals surface area contributed by atoms with Crippen molar-refractivity contribution in [2.75, 3.05) is 19.8 Å². The number of amides is 1. The summed E-state index contributed by atoms with van der Waals surface area (Å²) in [6.07, 6.45) is 1.09. The molecule has 1 unspecified atom stereocenters. The minimum atomic E-state index is -3.88. The van der Waals surface area contributed by atoms with Crippen LogP contribution < -0.4 is 14.8 Å². The van der Waals surface area contributed by atoms with E-state index in [4.69, 9.17) is 9.47 Å². The minimum Gasteiger partial charge on any atom is -0.486 e. The third-order valence-electron chi connectivity index (χ3n) is 6.51. The zero-order valence-electron chi connectivity index (χ0n) is 19.7. The first kappa shape index (κ1) is 23.4. The van der Waals surface area contributed by atoms with Crippen molar-refractivity contribution in [2.24, 2.45) is 0 Å². The summed E-state index contributed by atoms with van der Waals surface area (Å²) < 4.78 is 41.0. The molecular formula is C25H28N4O5S. The molecule has 3 heterocycles. The molecule has 3 aromatic rings. The fourth-order valence-electron chi connectivity index (χ4n) is 4.65. The van der Waals surface area contributed by atoms with Gasteiger partial charge in [0, 0.05) is 30.4 Å². The lowest BCUT2D eigenvalue weighted by atomic mass is 10.1. The Bertz CT molecular complexity index is 1350. The van der Waals surface area contributed by atoms with E-state index < -0.39 is 16.1 Å². The second-order valence-corrected chi connectivity index (χ2v) is 10.6. The molecule has 10 heteroatoms. The van der Waals surface area contributed by atoms with Gasteiger partial charge in [0.05, 0.1) is 16.3 Å². The summed E-state index contributed by atoms with van der Waals surface area (Å²) in [5.41, 5.74) is 3.61. The maximum atomic E-state index is 13.4. The van der Waals surface area contributed by atoms with E-state index in [1.165, 1.54) is 16.4 Å². The van der Waals surface area contributed by atoms with Crippen LogP contribution in [0.1, 0.15) is 29.8 Å². The maximum Gasteiger partial charge on any atom is 0.243 e. The number of fused-ring (bicyclic) bond motifs is 1. The second kappa shape index (κ2) is 9.35. The summed E-state index contributed by atoms with van der Waals surface area (Å²) in [6.45, 7) is 5.23. The molecule has 0 aliphatic carbocycles. The van der Waals surface area contributed by atoms with Crippen molar-refractivity contribution in [3.63, 3.8) is 0 Å². The van der Waals surface area contributed by atoms with Crippen LogP contribution in [0.4, 0.5) is 0 Å². The van der Waals surface area contributed by atoms with Gasteiger partial charge in [-0.3, -0.25) is 4.79 Å². The molecule has 0 spiro atoms. The molecule has 0 bridgehead atoms. The van der Waals surface area contributed by atoms with Crippen LogP contribution in [0.5, 0.6) is 11.5 Å². The quantitative estimate of drug-likeness (QED) is 0.563. The topological polar surface area (TPSA) is 103 Å². The fraction of sp³-hybridized carbons (Fsp3) is 0.360. The number of hydrogen-bond donors (Lipinski definition) is 1. The zero-order valence-corrected chi connectivity index (χ0v) is 20.5. The van der Waals surface area contributed by atoms with Gasteiger partial charge in [0.2, 0.25) is 15.9 Å². The standard InChI is InChI=1S/C25H28N4O5S/c1-17-21(18(2)29(27-17)19-7-4-3-5-8-19)16-26-25(30)22-9-6-12-28(22)35(31,32)20-10-11-23-24(15-20)34-14-13-33-23/h3-5,7-8,10-11,15,22H,6,9,12-14,16H2,1-2H3,(H,26,30). The Morgan fingerprint density at radius 2 is 1.83 bits per heavy atom. The molecular weight excluding hydrogens is 468 g/mol. The zero-order chi connectivity index (χ0) is 24.6. The largest absolute Gasteiger partial charge is 0.486 e. The molecule has 35 heavy (non-hydrogen) atoms. The Balaban J connectivity index is 1.32. The highest BCUT2D eigenvalue weighted by Crippen LogP contribution is 2.35. The molecule has 2 aliphatic rings. The smallest absolute Gasteiger partial charge is 0.243 e. The first-order valence-corrected chi connectivity index (χ1v) is 13.1. The Labute approximate surface area is 204 Å². The molecule has 1 fully saturated rings. The Kier molecular flexibility index (Phi) is 6.24. The number of carbonyl (C=O) groups excluding carboxylic acids is 1. The van der Waals surface area contributed by atoms with E-state index in [1.54, 1.807) is 6.07 Å². The van der Waals surface area contributed by atoms with Gasteiger partial charge in [0.1, 0.15) is 19.3 Å². The number of para-hydroxylation sites is 1. The van der Waals surface area contributed by atoms with Gasteiger partial charge >= 0.3 is 0 Å². The Hall–Kier alpha value is -3.37. The molecule has 2 aromatic carbocycles. The van der Waals surface area contributed by atoms with Gasteiger partial charge in [-0.15, -0.1) is 0 Å². The van der Waals surface area contributed by atoms with Crippen LogP contribution in [-0.4, -0.2) is 54.2 Å². The molecule has 0 saturated carbocycles. The number of aryl methyl sites for hydroxylation is 1. The predicted molar refractivity (Wildman–Crippen MR) is 129 cm³/mol. The molecule has 1 aromatic heterocycles. The normalized spacial score (nSPS) is 17.9. The number of nitrogens with one attached hydrogen (secondary N) is 1. The van der Waals surface area contributed by atoms with Crippen LogP contribution >= 0.6 is 0 Å². The SMILES string of the molecule is Cc1nn(-c2ccccc2)c(C)c1CNC(=O)C1CCCN1S(=O)(=O)c1ccc2c(c1)OCCO2. The molecule has 1 N–H and O–H groups in total. The van der Waals surface area contributed by atoms with Crippen LogP contribution in [-0.2, 0) is 21.4 Å². The van der Waals surface area contributed by atoms with Crippen LogP contribution in [0, 0.1) is 13.8 Å². The lowest BCUT2D eigenvalue weighted by Gasteiger charge is -2.24. The van der Waals surface area contributed by atoms with Crippen molar-refractivity contribution < 1.29 is 22.7 Å². The van der Waals surface area contributed by atoms with E-state index in [-0.39, 0.29) is 17.3 Å². The average molecular weight is 497 g/mol. The average Bonchev–Trinajstić information content (AvgIpc) is 3.48. The number of carbonyl (C=O) groups is 1. The summed E-state index contributed by atoms with van der Waals surface area (Å²) in [4.78, 5) is 13.2. The van der Waals surface area contributed by atoms with Crippen molar-refractivity contribution in [2.45, 2.75) is 44.2 Å². The van der Waals surface area contributed by atoms with E-state index >= 15 is 0 Å². The van der Waals surface area contributed by atoms with Gasteiger partial charge in [-0.2, -0.15) is 9.40 Å². The predicted octanol–water partition coefficient (Wildman–Crippen LogP) is 2.73. The fourth-order valence-corrected chi connectivity index (χ4v) is 6.33. The van der Waals surface area contributed by atoms with Gasteiger partial charge in [0.25, 0.3) is 0 Å². The van der Waals surface area contributed by atoms with Gasteiger partial charge < -0.3 is 14.8 Å². The number of ether oxygens (including phenoxy) is 2. The van der Waals surface area contributed by atoms with Crippen LogP contribution in [0.2, 0.25) is 0 Å². The highest BCUT2D eigenvalue weighted by molar-refractivity contribution is 7.89. The van der Waals surface area contributed by atoms with E-state index in [9.17, 15) is 13.2 Å². The van der Waals surface area contributed by atoms with Crippen LogP contribution in [0.3, 0.4) is 0 Å². The van der Waals surface area contributed by atoms with E-state index in [2.05, 4.69) is 10.4 Å². The third-order valence-corrected chi connectivity index (χ3v) is 8.41. The molecule has 2 aliphatic heterocycles. The van der Waals surface area contributed by atoms with Gasteiger partial charge in [-0.05, 0) is 51.0 Å². The third kappa shape index (κ3) is 4.39. The number of nitrogens with zero attached hydrogens (tertiary/aromatic N) is 3. The molecule has 1 saturated heterocycles. The molecule has 1 amide bonds. The lowest BCUT2D eigenvalue weighted by Crippen LogP contribution is -2.45. The van der Waals surface area contributed by atoms with E-state index in [0.29, 0.717) is 44.1 Å². The molecule has 1 atom stereocenters. The van der Waals surface area contributed by atoms with E-state index in [0.717, 1.165) is 22.6 Å². The molecule has 9 nitrogen and oxygen atoms in total. The molecule has 184 valence electrons. The van der Waals surface area contributed by atoms with Crippen molar-refractivity contribution in [3.8, 4) is 17.2 Å². The van der Waals surface area contributed by atoms with Gasteiger partial charge in [-0.25, -0.2) is 13.1 Å². The van der Waals surface area contributed by atoms with Crippen molar-refractivity contribution in [1.29, 1.82) is 0 Å². The molecule has 0 radical (unpaired) electrons. The second-order valence-electron chi connectivity index (χ2n) is 8.69. The summed E-state index contributed by atoms with van der Waals surface area (Å²) in [7, 11) is -3.88. The van der Waals surface area contributed by atoms with E-state index in [1.807, 2.05) is 48.9 Å². The number of sulfonamides is 1. The van der Waals surface area contributed by atoms with Crippen molar-refractivity contribution >= 4 is 15.9 Å². The summed E-state index contributed by atoms with van der Waals surface area (Å²) in [5.74, 6) is 0.612. The summed E-state index contributed by atoms with van der Waals surface area (Å²) in [5, 5.41) is 7.57. The van der Waals surface area contributed by atoms with Crippen LogP contribution in [0.25, 0.3) is 5.69 Å². The van der Waals surface area contributed by atoms with Crippen molar-refractivity contribution in [3.05, 3.63) is 65.5 Å². The molecule has 5 rings (SSSR count). The van der Waals surface area contributed by atoms with Gasteiger partial charge in [-0.1, -0.05) is 18.2 Å².